The lowest BCUT2D eigenvalue weighted by molar-refractivity contribution is 0.216. The summed E-state index contributed by atoms with van der Waals surface area (Å²) < 4.78 is 0. The molecular formula is C7H15N3O. The first kappa shape index (κ1) is 8.33. The molecule has 4 heteroatoms. The van der Waals surface area contributed by atoms with Crippen LogP contribution in [0.25, 0.3) is 0 Å². The maximum Gasteiger partial charge on any atom is 0.317 e. The molecule has 1 saturated heterocycles. The van der Waals surface area contributed by atoms with Crippen LogP contribution < -0.4 is 11.1 Å². The van der Waals surface area contributed by atoms with Crippen LogP contribution in [0.2, 0.25) is 0 Å². The molecule has 1 unspecified atom stereocenters. The van der Waals surface area contributed by atoms with Crippen molar-refractivity contribution in [1.29, 1.82) is 0 Å². The van der Waals surface area contributed by atoms with E-state index >= 15 is 0 Å². The lowest BCUT2D eigenvalue weighted by Crippen LogP contribution is -2.32. The summed E-state index contributed by atoms with van der Waals surface area (Å²) in [6, 6.07) is 0.231. The smallest absolute Gasteiger partial charge is 0.317 e. The molecule has 0 radical (unpaired) electrons. The van der Waals surface area contributed by atoms with Crippen LogP contribution in [0, 0.1) is 0 Å². The molecule has 3 N–H and O–H groups in total. The van der Waals surface area contributed by atoms with Gasteiger partial charge in [-0.3, -0.25) is 0 Å². The van der Waals surface area contributed by atoms with E-state index in [2.05, 4.69) is 5.32 Å². The van der Waals surface area contributed by atoms with E-state index in [1.54, 1.807) is 4.90 Å². The number of nitrogens with two attached hydrogens (primary N) is 1. The van der Waals surface area contributed by atoms with Gasteiger partial charge in [0.15, 0.2) is 0 Å². The van der Waals surface area contributed by atoms with Crippen LogP contribution in [0.5, 0.6) is 0 Å². The Bertz CT molecular complexity index is 147. The van der Waals surface area contributed by atoms with Gasteiger partial charge in [-0.15, -0.1) is 0 Å². The van der Waals surface area contributed by atoms with Gasteiger partial charge in [0.1, 0.15) is 0 Å². The van der Waals surface area contributed by atoms with Gasteiger partial charge >= 0.3 is 6.03 Å². The Labute approximate surface area is 66.7 Å². The molecule has 1 atom stereocenters. The number of carbonyl (C=O) groups excluding carboxylic acids is 1. The first-order valence-corrected chi connectivity index (χ1v) is 3.98. The molecule has 1 heterocycles. The van der Waals surface area contributed by atoms with Crippen molar-refractivity contribution in [3.05, 3.63) is 0 Å². The second-order valence-electron chi connectivity index (χ2n) is 2.98. The third-order valence-electron chi connectivity index (χ3n) is 1.80. The average molecular weight is 157 g/mol. The number of urea groups is 1. The van der Waals surface area contributed by atoms with Gasteiger partial charge in [-0.05, 0) is 13.3 Å². The van der Waals surface area contributed by atoms with Gasteiger partial charge in [-0.2, -0.15) is 0 Å². The number of rotatable bonds is 3. The highest BCUT2D eigenvalue weighted by atomic mass is 16.2. The van der Waals surface area contributed by atoms with Crippen LogP contribution in [0.1, 0.15) is 13.3 Å². The van der Waals surface area contributed by atoms with Gasteiger partial charge in [0.25, 0.3) is 0 Å². The molecule has 2 amide bonds. The fourth-order valence-corrected chi connectivity index (χ4v) is 1.08. The Balaban J connectivity index is 2.20. The SMILES string of the molecule is CC(N)CCN1CCNC1=O. The van der Waals surface area contributed by atoms with Gasteiger partial charge in [0.05, 0.1) is 0 Å². The average Bonchev–Trinajstić information content (AvgIpc) is 2.31. The minimum atomic E-state index is 0.0469. The number of hydrogen-bond acceptors (Lipinski definition) is 2. The molecule has 64 valence electrons. The number of nitrogens with one attached hydrogen (secondary N) is 1. The lowest BCUT2D eigenvalue weighted by Gasteiger charge is -2.14. The van der Waals surface area contributed by atoms with Crippen LogP contribution in [-0.4, -0.2) is 36.6 Å². The zero-order chi connectivity index (χ0) is 8.27. The quantitative estimate of drug-likeness (QED) is 0.593. The Morgan fingerprint density at radius 1 is 1.82 bits per heavy atom. The highest BCUT2D eigenvalue weighted by Crippen LogP contribution is 1.98. The molecule has 4 nitrogen and oxygen atoms in total. The van der Waals surface area contributed by atoms with Crippen molar-refractivity contribution >= 4 is 6.03 Å². The van der Waals surface area contributed by atoms with Gasteiger partial charge in [-0.25, -0.2) is 4.79 Å². The molecule has 11 heavy (non-hydrogen) atoms. The fraction of sp³-hybridized carbons (Fsp3) is 0.857. The molecular weight excluding hydrogens is 142 g/mol. The summed E-state index contributed by atoms with van der Waals surface area (Å²) >= 11 is 0. The Morgan fingerprint density at radius 3 is 3.00 bits per heavy atom. The van der Waals surface area contributed by atoms with Gasteiger partial charge in [0, 0.05) is 25.7 Å². The molecule has 1 aliphatic rings. The minimum Gasteiger partial charge on any atom is -0.336 e. The number of hydrogen-bond donors (Lipinski definition) is 2. The molecule has 0 aromatic rings. The maximum atomic E-state index is 11.0. The van der Waals surface area contributed by atoms with Crippen LogP contribution >= 0.6 is 0 Å². The second kappa shape index (κ2) is 3.57. The van der Waals surface area contributed by atoms with Crippen LogP contribution in [0.4, 0.5) is 4.79 Å². The van der Waals surface area contributed by atoms with E-state index < -0.39 is 0 Å². The summed E-state index contributed by atoms with van der Waals surface area (Å²) in [4.78, 5) is 12.8. The third-order valence-corrected chi connectivity index (χ3v) is 1.80. The zero-order valence-corrected chi connectivity index (χ0v) is 6.84. The van der Waals surface area contributed by atoms with Gasteiger partial charge in [-0.1, -0.05) is 0 Å². The molecule has 1 rings (SSSR count). The normalized spacial score (nSPS) is 20.2. The summed E-state index contributed by atoms with van der Waals surface area (Å²) in [5, 5.41) is 2.74. The van der Waals surface area contributed by atoms with Crippen molar-refractivity contribution in [3.8, 4) is 0 Å². The summed E-state index contributed by atoms with van der Waals surface area (Å²) in [7, 11) is 0. The van der Waals surface area contributed by atoms with Crippen LogP contribution in [0.15, 0.2) is 0 Å². The van der Waals surface area contributed by atoms with E-state index in [1.807, 2.05) is 6.92 Å². The fourth-order valence-electron chi connectivity index (χ4n) is 1.08. The molecule has 0 aliphatic carbocycles. The van der Waals surface area contributed by atoms with Crippen molar-refractivity contribution in [2.75, 3.05) is 19.6 Å². The topological polar surface area (TPSA) is 58.4 Å². The largest absolute Gasteiger partial charge is 0.336 e. The lowest BCUT2D eigenvalue weighted by atomic mass is 10.2. The highest BCUT2D eigenvalue weighted by molar-refractivity contribution is 5.76. The number of amides is 2. The van der Waals surface area contributed by atoms with Crippen molar-refractivity contribution in [2.45, 2.75) is 19.4 Å². The summed E-state index contributed by atoms with van der Waals surface area (Å²) in [6.45, 7) is 4.33. The van der Waals surface area contributed by atoms with Crippen molar-refractivity contribution in [2.24, 2.45) is 5.73 Å². The Hall–Kier alpha value is -0.770. The first-order valence-electron chi connectivity index (χ1n) is 3.98. The maximum absolute atomic E-state index is 11.0. The van der Waals surface area contributed by atoms with Crippen molar-refractivity contribution in [3.63, 3.8) is 0 Å². The van der Waals surface area contributed by atoms with Crippen molar-refractivity contribution < 1.29 is 4.79 Å². The monoisotopic (exact) mass is 157 g/mol. The number of nitrogens with zero attached hydrogens (tertiary/aromatic N) is 1. The van der Waals surface area contributed by atoms with E-state index in [9.17, 15) is 4.79 Å². The summed E-state index contributed by atoms with van der Waals surface area (Å²) in [5.41, 5.74) is 5.56. The van der Waals surface area contributed by atoms with E-state index in [4.69, 9.17) is 5.73 Å². The van der Waals surface area contributed by atoms with Gasteiger partial charge in [0.2, 0.25) is 0 Å². The van der Waals surface area contributed by atoms with Crippen LogP contribution in [0.3, 0.4) is 0 Å². The Morgan fingerprint density at radius 2 is 2.55 bits per heavy atom. The summed E-state index contributed by atoms with van der Waals surface area (Å²) in [6.07, 6.45) is 0.882. The predicted molar refractivity (Wildman–Crippen MR) is 43.2 cm³/mol. The molecule has 1 fully saturated rings. The molecule has 0 saturated carbocycles. The second-order valence-corrected chi connectivity index (χ2v) is 2.98. The van der Waals surface area contributed by atoms with E-state index in [1.165, 1.54) is 0 Å². The van der Waals surface area contributed by atoms with Gasteiger partial charge < -0.3 is 16.0 Å². The van der Waals surface area contributed by atoms with Crippen molar-refractivity contribution in [1.82, 2.24) is 10.2 Å². The van der Waals surface area contributed by atoms with E-state index in [-0.39, 0.29) is 12.1 Å². The summed E-state index contributed by atoms with van der Waals surface area (Å²) in [5.74, 6) is 0. The standard InChI is InChI=1S/C7H15N3O/c1-6(8)2-4-10-5-3-9-7(10)11/h6H,2-5,8H2,1H3,(H,9,11). The first-order chi connectivity index (χ1) is 5.20. The zero-order valence-electron chi connectivity index (χ0n) is 6.84. The molecule has 0 aromatic heterocycles. The third kappa shape index (κ3) is 2.38. The highest BCUT2D eigenvalue weighted by Gasteiger charge is 2.18. The molecule has 0 aromatic carbocycles. The molecule has 0 bridgehead atoms. The predicted octanol–water partition coefficient (Wildman–Crippen LogP) is -0.251. The minimum absolute atomic E-state index is 0.0469. The molecule has 0 spiro atoms. The Kier molecular flexibility index (Phi) is 2.70. The molecule has 1 aliphatic heterocycles. The number of carbonyl (C=O) groups is 1. The van der Waals surface area contributed by atoms with E-state index in [0.717, 1.165) is 26.1 Å². The van der Waals surface area contributed by atoms with Crippen LogP contribution in [-0.2, 0) is 0 Å². The van der Waals surface area contributed by atoms with E-state index in [0.29, 0.717) is 0 Å².